The van der Waals surface area contributed by atoms with E-state index in [0.29, 0.717) is 0 Å². The van der Waals surface area contributed by atoms with Crippen molar-refractivity contribution in [2.45, 2.75) is 51.2 Å². The number of ether oxygens (including phenoxy) is 3. The largest absolute Gasteiger partial charge is 0.459 e. The van der Waals surface area contributed by atoms with Crippen molar-refractivity contribution < 1.29 is 33.4 Å². The maximum Gasteiger partial charge on any atom is 0.414 e. The van der Waals surface area contributed by atoms with Crippen molar-refractivity contribution in [2.24, 2.45) is 10.7 Å². The third-order valence-corrected chi connectivity index (χ3v) is 7.30. The van der Waals surface area contributed by atoms with Gasteiger partial charge in [-0.15, -0.1) is 0 Å². The summed E-state index contributed by atoms with van der Waals surface area (Å²) in [5, 5.41) is 7.73. The molecular weight excluding hydrogens is 638 g/mol. The lowest BCUT2D eigenvalue weighted by atomic mass is 10.0. The van der Waals surface area contributed by atoms with E-state index < -0.39 is 36.1 Å². The van der Waals surface area contributed by atoms with Gasteiger partial charge < -0.3 is 30.6 Å². The molecule has 50 heavy (non-hydrogen) atoms. The summed E-state index contributed by atoms with van der Waals surface area (Å²) in [5.74, 6) is -1.40. The molecule has 4 aromatic carbocycles. The van der Waals surface area contributed by atoms with Crippen LogP contribution in [0.5, 0.6) is 0 Å². The van der Waals surface area contributed by atoms with E-state index in [-0.39, 0.29) is 51.6 Å². The molecule has 0 heterocycles. The number of benzene rings is 4. The van der Waals surface area contributed by atoms with Gasteiger partial charge in [0.2, 0.25) is 5.91 Å². The van der Waals surface area contributed by atoms with Gasteiger partial charge in [-0.2, -0.15) is 0 Å². The van der Waals surface area contributed by atoms with Crippen molar-refractivity contribution in [3.05, 3.63) is 144 Å². The SMILES string of the molecule is NC(=NCCC[C@@H](NC(=O)OCc1ccccc1)C(=O)N[C@@H](Cc1ccccc1)C(=O)OCc1ccccc1)NC(=O)OCc1ccccc1. The fraction of sp³-hybridized carbons (Fsp3) is 0.237. The molecule has 12 heteroatoms. The van der Waals surface area contributed by atoms with Gasteiger partial charge in [-0.1, -0.05) is 121 Å². The van der Waals surface area contributed by atoms with Crippen molar-refractivity contribution in [2.75, 3.05) is 6.54 Å². The third kappa shape index (κ3) is 13.5. The first-order valence-corrected chi connectivity index (χ1v) is 16.2. The highest BCUT2D eigenvalue weighted by Crippen LogP contribution is 2.10. The first-order chi connectivity index (χ1) is 24.4. The highest BCUT2D eigenvalue weighted by atomic mass is 16.6. The monoisotopic (exact) mass is 679 g/mol. The van der Waals surface area contributed by atoms with E-state index >= 15 is 0 Å². The van der Waals surface area contributed by atoms with Crippen LogP contribution in [0.15, 0.2) is 126 Å². The molecule has 3 amide bonds. The Morgan fingerprint density at radius 3 is 1.56 bits per heavy atom. The second-order valence-electron chi connectivity index (χ2n) is 11.2. The minimum atomic E-state index is -1.10. The topological polar surface area (TPSA) is 170 Å². The third-order valence-electron chi connectivity index (χ3n) is 7.30. The molecule has 2 atom stereocenters. The Morgan fingerprint density at radius 2 is 1.04 bits per heavy atom. The summed E-state index contributed by atoms with van der Waals surface area (Å²) in [6.45, 7) is 0.202. The predicted molar refractivity (Wildman–Crippen MR) is 187 cm³/mol. The average Bonchev–Trinajstić information content (AvgIpc) is 3.14. The van der Waals surface area contributed by atoms with Gasteiger partial charge in [0.15, 0.2) is 5.96 Å². The first kappa shape index (κ1) is 36.7. The number of esters is 1. The van der Waals surface area contributed by atoms with E-state index in [0.717, 1.165) is 22.3 Å². The molecule has 0 radical (unpaired) electrons. The molecule has 0 fully saturated rings. The van der Waals surface area contributed by atoms with Crippen molar-refractivity contribution >= 4 is 30.0 Å². The van der Waals surface area contributed by atoms with Crippen molar-refractivity contribution in [1.82, 2.24) is 16.0 Å². The second kappa shape index (κ2) is 20.3. The van der Waals surface area contributed by atoms with Crippen LogP contribution in [0.25, 0.3) is 0 Å². The quantitative estimate of drug-likeness (QED) is 0.0431. The number of nitrogens with two attached hydrogens (primary N) is 1. The van der Waals surface area contributed by atoms with Crippen LogP contribution < -0.4 is 21.7 Å². The summed E-state index contributed by atoms with van der Waals surface area (Å²) in [4.78, 5) is 56.0. The van der Waals surface area contributed by atoms with Crippen molar-refractivity contribution in [3.8, 4) is 0 Å². The molecule has 0 aliphatic carbocycles. The van der Waals surface area contributed by atoms with E-state index in [1.165, 1.54) is 0 Å². The van der Waals surface area contributed by atoms with Gasteiger partial charge in [-0.25, -0.2) is 14.4 Å². The molecular formula is C38H41N5O7. The Labute approximate surface area is 291 Å². The predicted octanol–water partition coefficient (Wildman–Crippen LogP) is 4.77. The number of alkyl carbamates (subject to hydrolysis) is 2. The fourth-order valence-corrected chi connectivity index (χ4v) is 4.72. The maximum absolute atomic E-state index is 13.7. The number of hydrogen-bond donors (Lipinski definition) is 4. The number of rotatable bonds is 16. The second-order valence-corrected chi connectivity index (χ2v) is 11.2. The van der Waals surface area contributed by atoms with Crippen LogP contribution in [0.4, 0.5) is 9.59 Å². The molecule has 5 N–H and O–H groups in total. The Kier molecular flexibility index (Phi) is 14.9. The lowest BCUT2D eigenvalue weighted by Gasteiger charge is -2.23. The van der Waals surface area contributed by atoms with Gasteiger partial charge in [0.1, 0.15) is 31.9 Å². The number of carbonyl (C=O) groups is 4. The molecule has 0 aliphatic heterocycles. The molecule has 4 aromatic rings. The summed E-state index contributed by atoms with van der Waals surface area (Å²) >= 11 is 0. The Morgan fingerprint density at radius 1 is 0.580 bits per heavy atom. The normalized spacial score (nSPS) is 12.1. The molecule has 260 valence electrons. The van der Waals surface area contributed by atoms with Crippen LogP contribution in [0.1, 0.15) is 35.1 Å². The molecule has 0 bridgehead atoms. The number of nitrogens with one attached hydrogen (secondary N) is 3. The molecule has 4 rings (SSSR count). The van der Waals surface area contributed by atoms with Gasteiger partial charge in [0, 0.05) is 13.0 Å². The molecule has 0 saturated heterocycles. The Bertz CT molecular complexity index is 1670. The van der Waals surface area contributed by atoms with Crippen LogP contribution in [-0.4, -0.2) is 48.7 Å². The maximum atomic E-state index is 13.7. The molecule has 0 saturated carbocycles. The molecule has 0 unspecified atom stereocenters. The minimum Gasteiger partial charge on any atom is -0.459 e. The lowest BCUT2D eigenvalue weighted by molar-refractivity contribution is -0.149. The van der Waals surface area contributed by atoms with Crippen LogP contribution in [0, 0.1) is 0 Å². The minimum absolute atomic E-state index is 0.00365. The zero-order valence-corrected chi connectivity index (χ0v) is 27.5. The number of carbonyl (C=O) groups excluding carboxylic acids is 4. The number of hydrogen-bond acceptors (Lipinski definition) is 8. The molecule has 0 aliphatic rings. The van der Waals surface area contributed by atoms with E-state index in [9.17, 15) is 19.2 Å². The van der Waals surface area contributed by atoms with E-state index in [1.807, 2.05) is 109 Å². The van der Waals surface area contributed by atoms with E-state index in [2.05, 4.69) is 20.9 Å². The fourth-order valence-electron chi connectivity index (χ4n) is 4.72. The Balaban J connectivity index is 1.38. The van der Waals surface area contributed by atoms with Gasteiger partial charge >= 0.3 is 18.2 Å². The van der Waals surface area contributed by atoms with Crippen LogP contribution in [0.2, 0.25) is 0 Å². The molecule has 0 spiro atoms. The number of nitrogens with zero attached hydrogens (tertiary/aromatic N) is 1. The first-order valence-electron chi connectivity index (χ1n) is 16.2. The van der Waals surface area contributed by atoms with Crippen molar-refractivity contribution in [3.63, 3.8) is 0 Å². The number of aliphatic imine (C=N–C) groups is 1. The highest BCUT2D eigenvalue weighted by Gasteiger charge is 2.28. The summed E-state index contributed by atoms with van der Waals surface area (Å²) < 4.78 is 16.1. The summed E-state index contributed by atoms with van der Waals surface area (Å²) in [7, 11) is 0. The number of amides is 3. The standard InChI is InChI=1S/C38H41N5O7/c39-36(43-38(47)50-27-31-20-11-4-12-21-31)40-23-13-22-32(42-37(46)49-26-30-18-9-3-10-19-30)34(44)41-33(24-28-14-5-1-6-15-28)35(45)48-25-29-16-7-2-8-17-29/h1-12,14-21,32-33H,13,22-27H2,(H,41,44)(H,42,46)(H3,39,40,43,47)/t32-,33+/m1/s1. The van der Waals surface area contributed by atoms with Gasteiger partial charge in [-0.3, -0.25) is 15.1 Å². The molecule has 12 nitrogen and oxygen atoms in total. The van der Waals surface area contributed by atoms with Gasteiger partial charge in [0.05, 0.1) is 0 Å². The van der Waals surface area contributed by atoms with Gasteiger partial charge in [-0.05, 0) is 35.1 Å². The van der Waals surface area contributed by atoms with Crippen LogP contribution in [-0.2, 0) is 50.0 Å². The zero-order chi connectivity index (χ0) is 35.4. The summed E-state index contributed by atoms with van der Waals surface area (Å²) in [6.07, 6.45) is -1.03. The highest BCUT2D eigenvalue weighted by molar-refractivity contribution is 5.93. The molecule has 0 aromatic heterocycles. The summed E-state index contributed by atoms with van der Waals surface area (Å²) in [6, 6.07) is 34.5. The van der Waals surface area contributed by atoms with Crippen molar-refractivity contribution in [1.29, 1.82) is 0 Å². The number of guanidine groups is 1. The zero-order valence-electron chi connectivity index (χ0n) is 27.5. The average molecular weight is 680 g/mol. The van der Waals surface area contributed by atoms with E-state index in [4.69, 9.17) is 19.9 Å². The van der Waals surface area contributed by atoms with Crippen LogP contribution in [0.3, 0.4) is 0 Å². The lowest BCUT2D eigenvalue weighted by Crippen LogP contribution is -2.52. The smallest absolute Gasteiger partial charge is 0.414 e. The van der Waals surface area contributed by atoms with E-state index in [1.54, 1.807) is 12.1 Å². The Hall–Kier alpha value is -6.17. The van der Waals surface area contributed by atoms with Gasteiger partial charge in [0.25, 0.3) is 0 Å². The van der Waals surface area contributed by atoms with Crippen LogP contribution >= 0.6 is 0 Å². The summed E-state index contributed by atoms with van der Waals surface area (Å²) in [5.41, 5.74) is 9.04.